The Balaban J connectivity index is 3.77. The number of hydrogen-bond acceptors (Lipinski definition) is 7. The Labute approximate surface area is 125 Å². The van der Waals surface area contributed by atoms with Gasteiger partial charge in [-0.2, -0.15) is 0 Å². The van der Waals surface area contributed by atoms with Gasteiger partial charge in [-0.3, -0.25) is 29.4 Å². The number of hydrazine groups is 1. The second-order valence-electron chi connectivity index (χ2n) is 3.88. The lowest BCUT2D eigenvalue weighted by molar-refractivity contribution is -0.129. The fourth-order valence-electron chi connectivity index (χ4n) is 1.03. The van der Waals surface area contributed by atoms with Crippen LogP contribution < -0.4 is 38.3 Å². The molecule has 0 saturated carbocycles. The lowest BCUT2D eigenvalue weighted by Crippen LogP contribution is -2.46. The van der Waals surface area contributed by atoms with Gasteiger partial charge in [0.25, 0.3) is 5.91 Å². The first kappa shape index (κ1) is 19.3. The second-order valence-corrected chi connectivity index (χ2v) is 3.88. The zero-order valence-corrected chi connectivity index (χ0v) is 11.7. The molecular weight excluding hydrogens is 298 g/mol. The molecule has 0 radical (unpaired) electrons. The van der Waals surface area contributed by atoms with Crippen molar-refractivity contribution in [3.8, 4) is 0 Å². The van der Waals surface area contributed by atoms with Gasteiger partial charge >= 0.3 is 0 Å². The molecule has 0 rings (SSSR count). The molecule has 12 heteroatoms. The molecule has 0 unspecified atom stereocenters. The first-order valence-electron chi connectivity index (χ1n) is 6.15. The first-order valence-corrected chi connectivity index (χ1v) is 6.15. The summed E-state index contributed by atoms with van der Waals surface area (Å²) >= 11 is 0. The smallest absolute Gasteiger partial charge is 0.253 e. The third-order valence-corrected chi connectivity index (χ3v) is 2.13. The van der Waals surface area contributed by atoms with Crippen LogP contribution in [0.5, 0.6) is 0 Å². The SMILES string of the molecule is NCC(=O)NCC(=O)NCC(=O)NCC(=O)NCC(=O)NN. The van der Waals surface area contributed by atoms with E-state index in [4.69, 9.17) is 11.6 Å². The molecule has 0 saturated heterocycles. The maximum Gasteiger partial charge on any atom is 0.253 e. The minimum Gasteiger partial charge on any atom is -0.346 e. The van der Waals surface area contributed by atoms with Crippen LogP contribution in [-0.2, 0) is 24.0 Å². The largest absolute Gasteiger partial charge is 0.346 e. The van der Waals surface area contributed by atoms with Gasteiger partial charge in [0.05, 0.1) is 32.7 Å². The van der Waals surface area contributed by atoms with E-state index < -0.39 is 29.5 Å². The lowest BCUT2D eigenvalue weighted by atomic mass is 10.4. The Hall–Kier alpha value is -2.73. The van der Waals surface area contributed by atoms with Crippen LogP contribution in [-0.4, -0.2) is 62.3 Å². The van der Waals surface area contributed by atoms with Crippen LogP contribution in [0.15, 0.2) is 0 Å². The quantitative estimate of drug-likeness (QED) is 0.125. The summed E-state index contributed by atoms with van der Waals surface area (Å²) in [6.07, 6.45) is 0. The van der Waals surface area contributed by atoms with Gasteiger partial charge in [0, 0.05) is 0 Å². The van der Waals surface area contributed by atoms with Crippen molar-refractivity contribution in [3.63, 3.8) is 0 Å². The average molecular weight is 317 g/mol. The third kappa shape index (κ3) is 10.1. The van der Waals surface area contributed by atoms with Crippen LogP contribution in [0.25, 0.3) is 0 Å². The van der Waals surface area contributed by atoms with Gasteiger partial charge in [-0.05, 0) is 0 Å². The summed E-state index contributed by atoms with van der Waals surface area (Å²) in [4.78, 5) is 55.3. The maximum atomic E-state index is 11.3. The Kier molecular flexibility index (Phi) is 9.62. The van der Waals surface area contributed by atoms with Gasteiger partial charge in [-0.1, -0.05) is 0 Å². The average Bonchev–Trinajstić information content (AvgIpc) is 2.53. The molecule has 0 aromatic heterocycles. The van der Waals surface area contributed by atoms with E-state index in [0.29, 0.717) is 0 Å². The molecule has 0 heterocycles. The molecule has 0 fully saturated rings. The summed E-state index contributed by atoms with van der Waals surface area (Å²) in [5.41, 5.74) is 6.84. The predicted octanol–water partition coefficient (Wildman–Crippen LogP) is -5.60. The van der Waals surface area contributed by atoms with Crippen molar-refractivity contribution in [1.82, 2.24) is 26.7 Å². The molecule has 0 aliphatic heterocycles. The van der Waals surface area contributed by atoms with E-state index >= 15 is 0 Å². The van der Waals surface area contributed by atoms with E-state index in [9.17, 15) is 24.0 Å². The van der Waals surface area contributed by atoms with Crippen LogP contribution in [0.4, 0.5) is 0 Å². The molecule has 22 heavy (non-hydrogen) atoms. The molecule has 0 aliphatic carbocycles. The van der Waals surface area contributed by atoms with Crippen molar-refractivity contribution in [2.45, 2.75) is 0 Å². The number of rotatable bonds is 9. The highest BCUT2D eigenvalue weighted by Crippen LogP contribution is 1.70. The number of nitrogens with two attached hydrogens (primary N) is 2. The predicted molar refractivity (Wildman–Crippen MR) is 73.4 cm³/mol. The van der Waals surface area contributed by atoms with E-state index in [2.05, 4.69) is 21.3 Å². The Morgan fingerprint density at radius 3 is 1.23 bits per heavy atom. The minimum absolute atomic E-state index is 0.245. The lowest BCUT2D eigenvalue weighted by Gasteiger charge is -2.08. The molecule has 0 aromatic rings. The minimum atomic E-state index is -0.614. The van der Waals surface area contributed by atoms with Gasteiger partial charge in [0.1, 0.15) is 0 Å². The summed E-state index contributed by atoms with van der Waals surface area (Å²) in [6, 6.07) is 0. The van der Waals surface area contributed by atoms with Crippen LogP contribution in [0.2, 0.25) is 0 Å². The molecule has 0 bridgehead atoms. The number of carbonyl (C=O) groups is 5. The van der Waals surface area contributed by atoms with Crippen LogP contribution in [0.3, 0.4) is 0 Å². The van der Waals surface area contributed by atoms with Crippen LogP contribution >= 0.6 is 0 Å². The monoisotopic (exact) mass is 317 g/mol. The molecule has 9 N–H and O–H groups in total. The zero-order valence-electron chi connectivity index (χ0n) is 11.7. The van der Waals surface area contributed by atoms with Crippen molar-refractivity contribution >= 4 is 29.5 Å². The van der Waals surface area contributed by atoms with Crippen molar-refractivity contribution in [1.29, 1.82) is 0 Å². The molecule has 0 atom stereocenters. The highest BCUT2D eigenvalue weighted by molar-refractivity contribution is 5.91. The standard InChI is InChI=1S/C10H19N7O5/c11-1-6(18)13-2-7(19)14-3-8(20)15-4-9(21)16-5-10(22)17-12/h1-5,11-12H2,(H,13,18)(H,14,19)(H,15,20)(H,16,21)(H,17,22). The Morgan fingerprint density at radius 1 is 0.591 bits per heavy atom. The topological polar surface area (TPSA) is 198 Å². The summed E-state index contributed by atoms with van der Waals surface area (Å²) < 4.78 is 0. The Morgan fingerprint density at radius 2 is 0.909 bits per heavy atom. The first-order chi connectivity index (χ1) is 10.4. The highest BCUT2D eigenvalue weighted by atomic mass is 16.2. The molecular formula is C10H19N7O5. The van der Waals surface area contributed by atoms with Gasteiger partial charge in [0.2, 0.25) is 23.6 Å². The number of amides is 5. The fourth-order valence-corrected chi connectivity index (χ4v) is 1.03. The van der Waals surface area contributed by atoms with Crippen molar-refractivity contribution in [2.75, 3.05) is 32.7 Å². The second kappa shape index (κ2) is 11.0. The van der Waals surface area contributed by atoms with Gasteiger partial charge in [0.15, 0.2) is 0 Å². The maximum absolute atomic E-state index is 11.3. The summed E-state index contributed by atoms with van der Waals surface area (Å²) in [7, 11) is 0. The summed E-state index contributed by atoms with van der Waals surface area (Å²) in [6.45, 7) is -1.60. The molecule has 124 valence electrons. The van der Waals surface area contributed by atoms with Crippen LogP contribution in [0, 0.1) is 0 Å². The van der Waals surface area contributed by atoms with E-state index in [1.807, 2.05) is 5.43 Å². The van der Waals surface area contributed by atoms with Crippen LogP contribution in [0.1, 0.15) is 0 Å². The van der Waals surface area contributed by atoms with Gasteiger partial charge < -0.3 is 27.0 Å². The summed E-state index contributed by atoms with van der Waals surface area (Å²) in [5, 5.41) is 8.87. The van der Waals surface area contributed by atoms with Crippen molar-refractivity contribution in [2.24, 2.45) is 11.6 Å². The normalized spacial score (nSPS) is 9.36. The van der Waals surface area contributed by atoms with Gasteiger partial charge in [-0.25, -0.2) is 5.84 Å². The molecule has 0 spiro atoms. The van der Waals surface area contributed by atoms with E-state index in [1.165, 1.54) is 0 Å². The molecule has 0 aliphatic rings. The fraction of sp³-hybridized carbons (Fsp3) is 0.500. The number of nitrogens with one attached hydrogen (secondary N) is 5. The zero-order chi connectivity index (χ0) is 17.0. The highest BCUT2D eigenvalue weighted by Gasteiger charge is 2.09. The third-order valence-electron chi connectivity index (χ3n) is 2.13. The van der Waals surface area contributed by atoms with E-state index in [-0.39, 0.29) is 32.7 Å². The van der Waals surface area contributed by atoms with Crippen molar-refractivity contribution < 1.29 is 24.0 Å². The number of carbonyl (C=O) groups excluding carboxylic acids is 5. The number of hydrogen-bond donors (Lipinski definition) is 7. The summed E-state index contributed by atoms with van der Waals surface area (Å²) in [5.74, 6) is 1.92. The van der Waals surface area contributed by atoms with E-state index in [0.717, 1.165) is 0 Å². The molecule has 0 aromatic carbocycles. The molecule has 5 amide bonds. The van der Waals surface area contributed by atoms with E-state index in [1.54, 1.807) is 0 Å². The van der Waals surface area contributed by atoms with Crippen molar-refractivity contribution in [3.05, 3.63) is 0 Å². The molecule has 12 nitrogen and oxygen atoms in total. The van der Waals surface area contributed by atoms with Gasteiger partial charge in [-0.15, -0.1) is 0 Å². The Bertz CT molecular complexity index is 401.